The molecule has 0 aliphatic carbocycles. The van der Waals surface area contributed by atoms with Crippen molar-refractivity contribution in [3.05, 3.63) is 18.1 Å². The van der Waals surface area contributed by atoms with Crippen molar-refractivity contribution in [3.63, 3.8) is 0 Å². The summed E-state index contributed by atoms with van der Waals surface area (Å²) in [5.74, 6) is -0.365. The van der Waals surface area contributed by atoms with E-state index >= 15 is 0 Å². The predicted octanol–water partition coefficient (Wildman–Crippen LogP) is 1.41. The Morgan fingerprint density at radius 2 is 2.04 bits per heavy atom. The fourth-order valence-corrected chi connectivity index (χ4v) is 2.35. The average Bonchev–Trinajstić information content (AvgIpc) is 2.51. The van der Waals surface area contributed by atoms with Crippen molar-refractivity contribution in [1.29, 1.82) is 0 Å². The first-order chi connectivity index (χ1) is 10.7. The van der Waals surface area contributed by atoms with Crippen molar-refractivity contribution in [1.82, 2.24) is 9.97 Å². The van der Waals surface area contributed by atoms with Crippen LogP contribution >= 0.6 is 0 Å². The molecule has 0 bridgehead atoms. The Balaban J connectivity index is 2.07. The smallest absolute Gasteiger partial charge is 0.435 e. The first-order valence-corrected chi connectivity index (χ1v) is 7.27. The Hall–Kier alpha value is -1.45. The summed E-state index contributed by atoms with van der Waals surface area (Å²) in [5, 5.41) is 20.2. The number of ether oxygens (including phenoxy) is 2. The molecule has 6 nitrogen and oxygen atoms in total. The van der Waals surface area contributed by atoms with E-state index in [2.05, 4.69) is 9.97 Å². The summed E-state index contributed by atoms with van der Waals surface area (Å²) in [5.41, 5.74) is -1.20. The number of hydrogen-bond acceptors (Lipinski definition) is 6. The van der Waals surface area contributed by atoms with Gasteiger partial charge in [0.2, 0.25) is 5.88 Å². The second-order valence-corrected chi connectivity index (χ2v) is 5.56. The van der Waals surface area contributed by atoms with Gasteiger partial charge in [0.25, 0.3) is 0 Å². The van der Waals surface area contributed by atoms with Gasteiger partial charge in [0.15, 0.2) is 11.8 Å². The predicted molar refractivity (Wildman–Crippen MR) is 72.7 cm³/mol. The SMILES string of the molecule is CCC(C)C1OCC(Oc2cncc(C(F)(F)F)n2)C(O)C1O. The number of aromatic nitrogens is 2. The highest BCUT2D eigenvalue weighted by Crippen LogP contribution is 2.29. The van der Waals surface area contributed by atoms with E-state index in [0.717, 1.165) is 12.6 Å². The van der Waals surface area contributed by atoms with E-state index in [9.17, 15) is 23.4 Å². The number of aliphatic hydroxyl groups is 2. The molecule has 23 heavy (non-hydrogen) atoms. The van der Waals surface area contributed by atoms with Gasteiger partial charge in [-0.1, -0.05) is 20.3 Å². The third-order valence-electron chi connectivity index (χ3n) is 3.90. The van der Waals surface area contributed by atoms with Crippen LogP contribution in [0.25, 0.3) is 0 Å². The number of alkyl halides is 3. The first kappa shape index (κ1) is 17.9. The lowest BCUT2D eigenvalue weighted by Crippen LogP contribution is -2.56. The van der Waals surface area contributed by atoms with E-state index in [4.69, 9.17) is 9.47 Å². The van der Waals surface area contributed by atoms with Gasteiger partial charge in [0, 0.05) is 0 Å². The number of aliphatic hydroxyl groups excluding tert-OH is 2. The highest BCUT2D eigenvalue weighted by Gasteiger charge is 2.42. The number of halogens is 3. The maximum absolute atomic E-state index is 12.6. The van der Waals surface area contributed by atoms with Gasteiger partial charge < -0.3 is 19.7 Å². The Kier molecular flexibility index (Phi) is 5.43. The maximum Gasteiger partial charge on any atom is 0.435 e. The van der Waals surface area contributed by atoms with Crippen LogP contribution in [-0.2, 0) is 10.9 Å². The van der Waals surface area contributed by atoms with Gasteiger partial charge in [-0.2, -0.15) is 13.2 Å². The molecule has 130 valence electrons. The number of nitrogens with zero attached hydrogens (tertiary/aromatic N) is 2. The van der Waals surface area contributed by atoms with Crippen molar-refractivity contribution in [2.45, 2.75) is 50.9 Å². The minimum Gasteiger partial charge on any atom is -0.468 e. The van der Waals surface area contributed by atoms with Gasteiger partial charge in [0.05, 0.1) is 25.1 Å². The third-order valence-corrected chi connectivity index (χ3v) is 3.90. The zero-order valence-electron chi connectivity index (χ0n) is 12.7. The first-order valence-electron chi connectivity index (χ1n) is 7.27. The monoisotopic (exact) mass is 336 g/mol. The van der Waals surface area contributed by atoms with Crippen LogP contribution in [-0.4, -0.2) is 51.2 Å². The molecule has 0 spiro atoms. The van der Waals surface area contributed by atoms with Gasteiger partial charge in [-0.15, -0.1) is 0 Å². The molecule has 5 unspecified atom stereocenters. The Bertz CT molecular complexity index is 529. The lowest BCUT2D eigenvalue weighted by atomic mass is 9.90. The molecule has 9 heteroatoms. The summed E-state index contributed by atoms with van der Waals surface area (Å²) in [7, 11) is 0. The molecule has 0 amide bonds. The normalized spacial score (nSPS) is 30.0. The van der Waals surface area contributed by atoms with Crippen molar-refractivity contribution in [3.8, 4) is 5.88 Å². The topological polar surface area (TPSA) is 84.7 Å². The van der Waals surface area contributed by atoms with Crippen LogP contribution in [0.15, 0.2) is 12.4 Å². The van der Waals surface area contributed by atoms with Crippen LogP contribution in [0.1, 0.15) is 26.0 Å². The van der Waals surface area contributed by atoms with Crippen LogP contribution in [0.4, 0.5) is 13.2 Å². The molecule has 2 heterocycles. The second kappa shape index (κ2) is 6.98. The lowest BCUT2D eigenvalue weighted by molar-refractivity contribution is -0.193. The van der Waals surface area contributed by atoms with E-state index in [-0.39, 0.29) is 18.4 Å². The summed E-state index contributed by atoms with van der Waals surface area (Å²) in [6.07, 6.45) is -6.37. The Morgan fingerprint density at radius 3 is 2.65 bits per heavy atom. The molecule has 2 rings (SSSR count). The Morgan fingerprint density at radius 1 is 1.35 bits per heavy atom. The van der Waals surface area contributed by atoms with Gasteiger partial charge in [0.1, 0.15) is 12.2 Å². The highest BCUT2D eigenvalue weighted by atomic mass is 19.4. The molecule has 1 saturated heterocycles. The summed E-state index contributed by atoms with van der Waals surface area (Å²) >= 11 is 0. The zero-order chi connectivity index (χ0) is 17.2. The molecular formula is C14H19F3N2O4. The van der Waals surface area contributed by atoms with E-state index in [1.807, 2.05) is 13.8 Å². The molecule has 1 aromatic heterocycles. The van der Waals surface area contributed by atoms with E-state index in [0.29, 0.717) is 6.20 Å². The third kappa shape index (κ3) is 4.10. The van der Waals surface area contributed by atoms with E-state index < -0.39 is 36.3 Å². The molecule has 1 fully saturated rings. The summed E-state index contributed by atoms with van der Waals surface area (Å²) in [6, 6.07) is 0. The standard InChI is InChI=1S/C14H19F3N2O4/c1-3-7(2)13-12(21)11(20)8(6-22-13)23-10-5-18-4-9(19-10)14(15,16)17/h4-5,7-8,11-13,20-21H,3,6H2,1-2H3. The largest absolute Gasteiger partial charge is 0.468 e. The minimum absolute atomic E-state index is 0.0222. The van der Waals surface area contributed by atoms with Crippen LogP contribution in [0.2, 0.25) is 0 Å². The van der Waals surface area contributed by atoms with Crippen LogP contribution in [0.3, 0.4) is 0 Å². The minimum atomic E-state index is -4.64. The van der Waals surface area contributed by atoms with Gasteiger partial charge in [-0.25, -0.2) is 4.98 Å². The van der Waals surface area contributed by atoms with E-state index in [1.54, 1.807) is 0 Å². The van der Waals surface area contributed by atoms with Gasteiger partial charge >= 0.3 is 6.18 Å². The van der Waals surface area contributed by atoms with Gasteiger partial charge in [-0.3, -0.25) is 4.98 Å². The molecule has 0 saturated carbocycles. The quantitative estimate of drug-likeness (QED) is 0.865. The van der Waals surface area contributed by atoms with Crippen LogP contribution < -0.4 is 4.74 Å². The molecule has 1 aliphatic heterocycles. The summed E-state index contributed by atoms with van der Waals surface area (Å²) in [4.78, 5) is 6.73. The van der Waals surface area contributed by atoms with Crippen molar-refractivity contribution < 1.29 is 32.9 Å². The molecule has 2 N–H and O–H groups in total. The second-order valence-electron chi connectivity index (χ2n) is 5.56. The van der Waals surface area contributed by atoms with Crippen LogP contribution in [0, 0.1) is 5.92 Å². The molecule has 0 aromatic carbocycles. The molecule has 0 radical (unpaired) electrons. The Labute approximate surface area is 131 Å². The number of hydrogen-bond donors (Lipinski definition) is 2. The molecule has 1 aliphatic rings. The molecule has 1 aromatic rings. The summed E-state index contributed by atoms with van der Waals surface area (Å²) < 4.78 is 48.5. The average molecular weight is 336 g/mol. The lowest BCUT2D eigenvalue weighted by Gasteiger charge is -2.39. The zero-order valence-corrected chi connectivity index (χ0v) is 12.7. The molecular weight excluding hydrogens is 317 g/mol. The fraction of sp³-hybridized carbons (Fsp3) is 0.714. The van der Waals surface area contributed by atoms with Crippen molar-refractivity contribution in [2.75, 3.05) is 6.61 Å². The fourth-order valence-electron chi connectivity index (χ4n) is 2.35. The van der Waals surface area contributed by atoms with Crippen molar-refractivity contribution >= 4 is 0 Å². The molecule has 5 atom stereocenters. The summed E-state index contributed by atoms with van der Waals surface area (Å²) in [6.45, 7) is 3.74. The number of rotatable bonds is 4. The van der Waals surface area contributed by atoms with Crippen LogP contribution in [0.5, 0.6) is 5.88 Å². The van der Waals surface area contributed by atoms with Crippen molar-refractivity contribution in [2.24, 2.45) is 5.92 Å². The van der Waals surface area contributed by atoms with Gasteiger partial charge in [-0.05, 0) is 5.92 Å². The highest BCUT2D eigenvalue weighted by molar-refractivity contribution is 5.11. The maximum atomic E-state index is 12.6. The van der Waals surface area contributed by atoms with E-state index in [1.165, 1.54) is 0 Å².